The molecule has 0 saturated carbocycles. The molecule has 0 spiro atoms. The van der Waals surface area contributed by atoms with Crippen LogP contribution < -0.4 is 0 Å². The van der Waals surface area contributed by atoms with E-state index in [-0.39, 0.29) is 0 Å². The van der Waals surface area contributed by atoms with E-state index in [1.807, 2.05) is 0 Å². The molecule has 1 aromatic heterocycles. The molecule has 0 aromatic carbocycles. The van der Waals surface area contributed by atoms with Gasteiger partial charge in [0.15, 0.2) is 5.76 Å². The van der Waals surface area contributed by atoms with Crippen LogP contribution in [0.2, 0.25) is 0 Å². The fraction of sp³-hybridized carbons (Fsp3) is 0.643. The van der Waals surface area contributed by atoms with Crippen LogP contribution in [0, 0.1) is 12.8 Å². The molecule has 3 fully saturated rings. The van der Waals surface area contributed by atoms with Crippen molar-refractivity contribution in [3.05, 3.63) is 22.6 Å². The Morgan fingerprint density at radius 2 is 2.18 bits per heavy atom. The Morgan fingerprint density at radius 1 is 1.41 bits per heavy atom. The van der Waals surface area contributed by atoms with Crippen molar-refractivity contribution in [1.29, 1.82) is 0 Å². The standard InChI is InChI=1S/C14H20N2O/c1-3-13-10(2)14(17-15-13)8-12-9-16-6-4-11(12)5-7-16/h8,11H,3-7,9H2,1-2H3/b12-8+. The van der Waals surface area contributed by atoms with Crippen molar-refractivity contribution in [2.45, 2.75) is 33.1 Å². The molecule has 2 bridgehead atoms. The van der Waals surface area contributed by atoms with Crippen LogP contribution in [0.4, 0.5) is 0 Å². The average molecular weight is 232 g/mol. The van der Waals surface area contributed by atoms with Gasteiger partial charge >= 0.3 is 0 Å². The van der Waals surface area contributed by atoms with Crippen LogP contribution in [-0.4, -0.2) is 29.7 Å². The SMILES string of the molecule is CCc1noc(/C=C2\CN3CCC2CC3)c1C. The summed E-state index contributed by atoms with van der Waals surface area (Å²) in [6.07, 6.45) is 5.84. The van der Waals surface area contributed by atoms with Crippen LogP contribution in [0.25, 0.3) is 6.08 Å². The molecule has 3 aliphatic rings. The summed E-state index contributed by atoms with van der Waals surface area (Å²) in [5.41, 5.74) is 3.86. The highest BCUT2D eigenvalue weighted by molar-refractivity contribution is 5.53. The molecule has 1 aromatic rings. The first-order chi connectivity index (χ1) is 8.28. The second-order valence-corrected chi connectivity index (χ2v) is 5.24. The Morgan fingerprint density at radius 3 is 2.71 bits per heavy atom. The molecule has 4 rings (SSSR count). The lowest BCUT2D eigenvalue weighted by atomic mass is 9.83. The molecule has 0 unspecified atom stereocenters. The smallest absolute Gasteiger partial charge is 0.162 e. The Balaban J connectivity index is 1.87. The molecule has 4 heterocycles. The van der Waals surface area contributed by atoms with Crippen LogP contribution in [0.1, 0.15) is 36.8 Å². The van der Waals surface area contributed by atoms with E-state index in [4.69, 9.17) is 4.52 Å². The van der Waals surface area contributed by atoms with Gasteiger partial charge < -0.3 is 4.52 Å². The number of fused-ring (bicyclic) bond motifs is 3. The van der Waals surface area contributed by atoms with Crippen molar-refractivity contribution in [2.75, 3.05) is 19.6 Å². The van der Waals surface area contributed by atoms with E-state index in [0.717, 1.165) is 30.3 Å². The molecule has 0 amide bonds. The molecule has 3 aliphatic heterocycles. The van der Waals surface area contributed by atoms with Gasteiger partial charge in [0.25, 0.3) is 0 Å². The normalized spacial score (nSPS) is 30.1. The van der Waals surface area contributed by atoms with Gasteiger partial charge in [-0.25, -0.2) is 0 Å². The second kappa shape index (κ2) is 4.30. The zero-order valence-electron chi connectivity index (χ0n) is 10.7. The maximum absolute atomic E-state index is 5.45. The lowest BCUT2D eigenvalue weighted by Crippen LogP contribution is -2.42. The van der Waals surface area contributed by atoms with Crippen LogP contribution in [0.3, 0.4) is 0 Å². The Hall–Kier alpha value is -1.09. The van der Waals surface area contributed by atoms with Crippen LogP contribution >= 0.6 is 0 Å². The number of hydrogen-bond donors (Lipinski definition) is 0. The Bertz CT molecular complexity index is 439. The fourth-order valence-electron chi connectivity index (χ4n) is 3.03. The molecule has 92 valence electrons. The van der Waals surface area contributed by atoms with Gasteiger partial charge in [0.05, 0.1) is 5.69 Å². The van der Waals surface area contributed by atoms with Crippen molar-refractivity contribution in [3.8, 4) is 0 Å². The molecule has 3 nitrogen and oxygen atoms in total. The summed E-state index contributed by atoms with van der Waals surface area (Å²) in [4.78, 5) is 2.54. The van der Waals surface area contributed by atoms with Gasteiger partial charge in [0.2, 0.25) is 0 Å². The number of nitrogens with zero attached hydrogens (tertiary/aromatic N) is 2. The van der Waals surface area contributed by atoms with Crippen LogP contribution in [-0.2, 0) is 6.42 Å². The first-order valence-electron chi connectivity index (χ1n) is 6.66. The molecule has 3 heteroatoms. The van der Waals surface area contributed by atoms with E-state index >= 15 is 0 Å². The number of piperidine rings is 3. The molecular weight excluding hydrogens is 212 g/mol. The lowest BCUT2D eigenvalue weighted by molar-refractivity contribution is 0.163. The third-order valence-electron chi connectivity index (χ3n) is 4.23. The zero-order chi connectivity index (χ0) is 11.8. The summed E-state index contributed by atoms with van der Waals surface area (Å²) in [5, 5.41) is 4.13. The highest BCUT2D eigenvalue weighted by Crippen LogP contribution is 2.33. The van der Waals surface area contributed by atoms with E-state index in [1.165, 1.54) is 31.5 Å². The second-order valence-electron chi connectivity index (χ2n) is 5.24. The third-order valence-corrected chi connectivity index (χ3v) is 4.23. The van der Waals surface area contributed by atoms with Crippen molar-refractivity contribution < 1.29 is 4.52 Å². The zero-order valence-corrected chi connectivity index (χ0v) is 10.7. The quantitative estimate of drug-likeness (QED) is 0.785. The van der Waals surface area contributed by atoms with Crippen molar-refractivity contribution in [2.24, 2.45) is 5.92 Å². The van der Waals surface area contributed by atoms with Crippen molar-refractivity contribution in [3.63, 3.8) is 0 Å². The number of aryl methyl sites for hydroxylation is 1. The minimum absolute atomic E-state index is 0.787. The van der Waals surface area contributed by atoms with Crippen molar-refractivity contribution in [1.82, 2.24) is 10.1 Å². The molecule has 0 aliphatic carbocycles. The number of hydrogen-bond acceptors (Lipinski definition) is 3. The van der Waals surface area contributed by atoms with Gasteiger partial charge in [-0.2, -0.15) is 0 Å². The van der Waals surface area contributed by atoms with Crippen LogP contribution in [0.5, 0.6) is 0 Å². The third kappa shape index (κ3) is 1.93. The first kappa shape index (κ1) is 11.0. The maximum atomic E-state index is 5.45. The Kier molecular flexibility index (Phi) is 2.79. The van der Waals surface area contributed by atoms with Gasteiger partial charge in [0, 0.05) is 12.1 Å². The topological polar surface area (TPSA) is 29.3 Å². The van der Waals surface area contributed by atoms with Gasteiger partial charge in [-0.3, -0.25) is 4.90 Å². The molecule has 0 N–H and O–H groups in total. The van der Waals surface area contributed by atoms with Gasteiger partial charge in [-0.1, -0.05) is 12.1 Å². The summed E-state index contributed by atoms with van der Waals surface area (Å²) in [6, 6.07) is 0. The predicted octanol–water partition coefficient (Wildman–Crippen LogP) is 2.65. The highest BCUT2D eigenvalue weighted by atomic mass is 16.5. The first-order valence-corrected chi connectivity index (χ1v) is 6.66. The number of aromatic nitrogens is 1. The van der Waals surface area contributed by atoms with Gasteiger partial charge in [-0.05, 0) is 56.8 Å². The highest BCUT2D eigenvalue weighted by Gasteiger charge is 2.29. The summed E-state index contributed by atoms with van der Waals surface area (Å²) in [7, 11) is 0. The molecule has 17 heavy (non-hydrogen) atoms. The molecule has 0 atom stereocenters. The minimum Gasteiger partial charge on any atom is -0.356 e. The van der Waals surface area contributed by atoms with Gasteiger partial charge in [-0.15, -0.1) is 0 Å². The van der Waals surface area contributed by atoms with E-state index < -0.39 is 0 Å². The number of rotatable bonds is 2. The van der Waals surface area contributed by atoms with E-state index in [2.05, 4.69) is 30.0 Å². The molecule has 3 saturated heterocycles. The summed E-state index contributed by atoms with van der Waals surface area (Å²) >= 11 is 0. The largest absolute Gasteiger partial charge is 0.356 e. The lowest BCUT2D eigenvalue weighted by Gasteiger charge is -2.40. The Labute approximate surface area is 102 Å². The van der Waals surface area contributed by atoms with E-state index in [0.29, 0.717) is 0 Å². The summed E-state index contributed by atoms with van der Waals surface area (Å²) in [5.74, 6) is 1.76. The minimum atomic E-state index is 0.787. The monoisotopic (exact) mass is 232 g/mol. The fourth-order valence-corrected chi connectivity index (χ4v) is 3.03. The van der Waals surface area contributed by atoms with E-state index in [9.17, 15) is 0 Å². The summed E-state index contributed by atoms with van der Waals surface area (Å²) in [6.45, 7) is 7.92. The van der Waals surface area contributed by atoms with Gasteiger partial charge in [0.1, 0.15) is 0 Å². The molecule has 0 radical (unpaired) electrons. The molecular formula is C14H20N2O. The summed E-state index contributed by atoms with van der Waals surface area (Å²) < 4.78 is 5.45. The van der Waals surface area contributed by atoms with E-state index in [1.54, 1.807) is 5.57 Å². The van der Waals surface area contributed by atoms with Crippen molar-refractivity contribution >= 4 is 6.08 Å². The average Bonchev–Trinajstić information content (AvgIpc) is 2.72. The van der Waals surface area contributed by atoms with Crippen LogP contribution in [0.15, 0.2) is 10.1 Å². The maximum Gasteiger partial charge on any atom is 0.162 e. The predicted molar refractivity (Wildman–Crippen MR) is 67.8 cm³/mol.